The lowest BCUT2D eigenvalue weighted by Gasteiger charge is -2.31. The van der Waals surface area contributed by atoms with Crippen molar-refractivity contribution in [3.63, 3.8) is 0 Å². The van der Waals surface area contributed by atoms with Crippen LogP contribution in [-0.4, -0.2) is 72.6 Å². The van der Waals surface area contributed by atoms with Crippen LogP contribution in [0.5, 0.6) is 0 Å². The van der Waals surface area contributed by atoms with Crippen LogP contribution in [0.15, 0.2) is 0 Å². The highest BCUT2D eigenvalue weighted by Crippen LogP contribution is 2.24. The molecule has 2 aliphatic heterocycles. The van der Waals surface area contributed by atoms with Crippen LogP contribution < -0.4 is 0 Å². The maximum absolute atomic E-state index is 12.4. The molecular weight excluding hydrogens is 276 g/mol. The number of aliphatic carboxylic acids is 1. The van der Waals surface area contributed by atoms with Gasteiger partial charge in [0.05, 0.1) is 18.4 Å². The molecule has 2 fully saturated rings. The first-order valence-corrected chi connectivity index (χ1v) is 7.31. The zero-order valence-electron chi connectivity index (χ0n) is 12.3. The summed E-state index contributed by atoms with van der Waals surface area (Å²) >= 11 is 0. The van der Waals surface area contributed by atoms with E-state index in [1.807, 2.05) is 0 Å². The Balaban J connectivity index is 1.84. The van der Waals surface area contributed by atoms with Crippen LogP contribution >= 0.6 is 0 Å². The van der Waals surface area contributed by atoms with Gasteiger partial charge in [-0.15, -0.1) is 0 Å². The second kappa shape index (κ2) is 6.89. The summed E-state index contributed by atoms with van der Waals surface area (Å²) in [5.74, 6) is -1.46. The van der Waals surface area contributed by atoms with Crippen LogP contribution in [0.3, 0.4) is 0 Å². The van der Waals surface area contributed by atoms with Crippen molar-refractivity contribution in [1.82, 2.24) is 9.80 Å². The van der Waals surface area contributed by atoms with Crippen LogP contribution in [0.1, 0.15) is 19.3 Å². The van der Waals surface area contributed by atoms with Gasteiger partial charge in [0.15, 0.2) is 0 Å². The number of carbonyl (C=O) groups excluding carboxylic acids is 2. The molecule has 2 amide bonds. The fraction of sp³-hybridized carbons (Fsp3) is 0.786. The molecule has 1 N–H and O–H groups in total. The summed E-state index contributed by atoms with van der Waals surface area (Å²) in [7, 11) is 1.58. The van der Waals surface area contributed by atoms with Crippen molar-refractivity contribution in [3.05, 3.63) is 0 Å². The largest absolute Gasteiger partial charge is 0.481 e. The molecule has 7 heteroatoms. The lowest BCUT2D eigenvalue weighted by Crippen LogP contribution is -2.43. The molecule has 2 heterocycles. The molecule has 2 rings (SSSR count). The van der Waals surface area contributed by atoms with Gasteiger partial charge in [0.1, 0.15) is 0 Å². The molecule has 0 aromatic rings. The molecule has 0 bridgehead atoms. The zero-order valence-corrected chi connectivity index (χ0v) is 12.3. The molecule has 0 aromatic heterocycles. The third-order valence-electron chi connectivity index (χ3n) is 4.28. The molecular formula is C14H22N2O5. The number of rotatable bonds is 5. The Morgan fingerprint density at radius 2 is 1.95 bits per heavy atom. The fourth-order valence-corrected chi connectivity index (χ4v) is 2.96. The second-order valence-corrected chi connectivity index (χ2v) is 5.67. The van der Waals surface area contributed by atoms with Crippen LogP contribution in [0.2, 0.25) is 0 Å². The summed E-state index contributed by atoms with van der Waals surface area (Å²) < 4.78 is 4.95. The number of ether oxygens (including phenoxy) is 1. The molecule has 21 heavy (non-hydrogen) atoms. The van der Waals surface area contributed by atoms with E-state index in [0.717, 1.165) is 0 Å². The minimum atomic E-state index is -0.788. The van der Waals surface area contributed by atoms with E-state index in [4.69, 9.17) is 9.84 Å². The Labute approximate surface area is 123 Å². The predicted molar refractivity (Wildman–Crippen MR) is 73.5 cm³/mol. The molecule has 0 spiro atoms. The van der Waals surface area contributed by atoms with E-state index in [-0.39, 0.29) is 30.1 Å². The van der Waals surface area contributed by atoms with E-state index in [0.29, 0.717) is 45.6 Å². The maximum Gasteiger partial charge on any atom is 0.306 e. The molecule has 2 saturated heterocycles. The Bertz CT molecular complexity index is 418. The van der Waals surface area contributed by atoms with Crippen LogP contribution in [0.25, 0.3) is 0 Å². The first-order chi connectivity index (χ1) is 10.0. The molecule has 1 unspecified atom stereocenters. The first-order valence-electron chi connectivity index (χ1n) is 7.31. The normalized spacial score (nSPS) is 23.7. The van der Waals surface area contributed by atoms with E-state index in [2.05, 4.69) is 0 Å². The summed E-state index contributed by atoms with van der Waals surface area (Å²) in [6.45, 7) is 2.37. The summed E-state index contributed by atoms with van der Waals surface area (Å²) in [5, 5.41) is 8.96. The van der Waals surface area contributed by atoms with Gasteiger partial charge in [0.2, 0.25) is 11.8 Å². The standard InChI is InChI=1S/C14H22N2O5/c1-21-7-6-16-9-11(8-12(16)17)13(18)15-4-2-10(3-5-15)14(19)20/h10-11H,2-9H2,1H3,(H,19,20). The smallest absolute Gasteiger partial charge is 0.306 e. The number of carboxylic acids is 1. The van der Waals surface area contributed by atoms with E-state index in [1.54, 1.807) is 16.9 Å². The molecule has 0 aromatic carbocycles. The van der Waals surface area contributed by atoms with Crippen LogP contribution in [0.4, 0.5) is 0 Å². The predicted octanol–water partition coefficient (Wildman–Crippen LogP) is -0.195. The Morgan fingerprint density at radius 1 is 1.29 bits per heavy atom. The molecule has 2 aliphatic rings. The summed E-state index contributed by atoms with van der Waals surface area (Å²) in [6, 6.07) is 0. The number of nitrogens with zero attached hydrogens (tertiary/aromatic N) is 2. The van der Waals surface area contributed by atoms with E-state index in [9.17, 15) is 14.4 Å². The lowest BCUT2D eigenvalue weighted by molar-refractivity contribution is -0.146. The summed E-state index contributed by atoms with van der Waals surface area (Å²) in [5.41, 5.74) is 0. The molecule has 1 atom stereocenters. The van der Waals surface area contributed by atoms with Crippen molar-refractivity contribution in [3.8, 4) is 0 Å². The van der Waals surface area contributed by atoms with Crippen molar-refractivity contribution in [1.29, 1.82) is 0 Å². The third kappa shape index (κ3) is 3.72. The number of carbonyl (C=O) groups is 3. The lowest BCUT2D eigenvalue weighted by atomic mass is 9.95. The van der Waals surface area contributed by atoms with Gasteiger partial charge in [-0.2, -0.15) is 0 Å². The maximum atomic E-state index is 12.4. The molecule has 7 nitrogen and oxygen atoms in total. The average Bonchev–Trinajstić information content (AvgIpc) is 2.85. The van der Waals surface area contributed by atoms with Gasteiger partial charge in [-0.1, -0.05) is 0 Å². The highest BCUT2D eigenvalue weighted by molar-refractivity contribution is 5.89. The Hall–Kier alpha value is -1.63. The minimum absolute atomic E-state index is 0.00850. The highest BCUT2D eigenvalue weighted by atomic mass is 16.5. The highest BCUT2D eigenvalue weighted by Gasteiger charge is 2.37. The molecule has 0 saturated carbocycles. The van der Waals surface area contributed by atoms with Crippen LogP contribution in [-0.2, 0) is 19.1 Å². The SMILES string of the molecule is COCCN1CC(C(=O)N2CCC(C(=O)O)CC2)CC1=O. The van der Waals surface area contributed by atoms with Gasteiger partial charge in [0.25, 0.3) is 0 Å². The van der Waals surface area contributed by atoms with Crippen molar-refractivity contribution < 1.29 is 24.2 Å². The average molecular weight is 298 g/mol. The van der Waals surface area contributed by atoms with E-state index >= 15 is 0 Å². The Morgan fingerprint density at radius 3 is 2.52 bits per heavy atom. The Kier molecular flexibility index (Phi) is 5.17. The van der Waals surface area contributed by atoms with E-state index in [1.165, 1.54) is 0 Å². The third-order valence-corrected chi connectivity index (χ3v) is 4.28. The number of piperidine rings is 1. The number of carboxylic acid groups (broad SMARTS) is 1. The number of hydrogen-bond donors (Lipinski definition) is 1. The van der Waals surface area contributed by atoms with Gasteiger partial charge < -0.3 is 19.6 Å². The number of methoxy groups -OCH3 is 1. The minimum Gasteiger partial charge on any atom is -0.481 e. The summed E-state index contributed by atoms with van der Waals surface area (Å²) in [4.78, 5) is 38.5. The van der Waals surface area contributed by atoms with Gasteiger partial charge in [-0.3, -0.25) is 14.4 Å². The molecule has 0 aliphatic carbocycles. The molecule has 0 radical (unpaired) electrons. The molecule has 118 valence electrons. The van der Waals surface area contributed by atoms with Crippen LogP contribution in [0, 0.1) is 11.8 Å². The summed E-state index contributed by atoms with van der Waals surface area (Å²) in [6.07, 6.45) is 1.24. The van der Waals surface area contributed by atoms with Gasteiger partial charge >= 0.3 is 5.97 Å². The van der Waals surface area contributed by atoms with Gasteiger partial charge in [0, 0.05) is 39.7 Å². The number of amides is 2. The van der Waals surface area contributed by atoms with E-state index < -0.39 is 5.97 Å². The van der Waals surface area contributed by atoms with Crippen molar-refractivity contribution >= 4 is 17.8 Å². The van der Waals surface area contributed by atoms with Crippen molar-refractivity contribution in [2.24, 2.45) is 11.8 Å². The van der Waals surface area contributed by atoms with Gasteiger partial charge in [-0.25, -0.2) is 0 Å². The van der Waals surface area contributed by atoms with Gasteiger partial charge in [-0.05, 0) is 12.8 Å². The number of likely N-dealkylation sites (tertiary alicyclic amines) is 2. The monoisotopic (exact) mass is 298 g/mol. The van der Waals surface area contributed by atoms with Crippen molar-refractivity contribution in [2.45, 2.75) is 19.3 Å². The first kappa shape index (κ1) is 15.8. The van der Waals surface area contributed by atoms with Crippen molar-refractivity contribution in [2.75, 3.05) is 39.9 Å². The number of hydrogen-bond acceptors (Lipinski definition) is 4. The zero-order chi connectivity index (χ0) is 15.4. The topological polar surface area (TPSA) is 87.2 Å². The fourth-order valence-electron chi connectivity index (χ4n) is 2.96. The quantitative estimate of drug-likeness (QED) is 0.760. The second-order valence-electron chi connectivity index (χ2n) is 5.67.